The van der Waals surface area contributed by atoms with Crippen molar-refractivity contribution in [1.29, 1.82) is 0 Å². The van der Waals surface area contributed by atoms with E-state index in [0.717, 1.165) is 61.9 Å². The molecule has 1 saturated carbocycles. The molecule has 6 nitrogen and oxygen atoms in total. The molecule has 150 valence electrons. The number of aromatic nitrogens is 4. The number of likely N-dealkylation sites (tertiary alicyclic amines) is 1. The lowest BCUT2D eigenvalue weighted by atomic mass is 9.83. The van der Waals surface area contributed by atoms with Gasteiger partial charge in [-0.15, -0.1) is 0 Å². The zero-order valence-corrected chi connectivity index (χ0v) is 16.9. The predicted molar refractivity (Wildman–Crippen MR) is 110 cm³/mol. The number of hydrogen-bond acceptors (Lipinski definition) is 4. The number of hydrogen-bond donors (Lipinski definition) is 0. The van der Waals surface area contributed by atoms with E-state index < -0.39 is 0 Å². The molecule has 1 spiro atoms. The molecular formula is C23H27N5O. The third kappa shape index (κ3) is 2.97. The topological polar surface area (TPSA) is 48.1 Å². The molecule has 1 saturated heterocycles. The van der Waals surface area contributed by atoms with Gasteiger partial charge in [-0.25, -0.2) is 4.98 Å². The minimum Gasteiger partial charge on any atom is -0.480 e. The zero-order chi connectivity index (χ0) is 19.4. The van der Waals surface area contributed by atoms with Gasteiger partial charge < -0.3 is 9.30 Å². The molecule has 29 heavy (non-hydrogen) atoms. The molecule has 6 rings (SSSR count). The number of rotatable bonds is 4. The zero-order valence-electron chi connectivity index (χ0n) is 16.9. The molecule has 3 aliphatic rings. The lowest BCUT2D eigenvalue weighted by molar-refractivity contribution is -0.0131. The van der Waals surface area contributed by atoms with Crippen LogP contribution in [0.4, 0.5) is 0 Å². The summed E-state index contributed by atoms with van der Waals surface area (Å²) in [5, 5.41) is 4.31. The van der Waals surface area contributed by atoms with Gasteiger partial charge in [0.25, 0.3) is 0 Å². The second-order valence-electron chi connectivity index (χ2n) is 8.93. The predicted octanol–water partition coefficient (Wildman–Crippen LogP) is 3.58. The lowest BCUT2D eigenvalue weighted by Gasteiger charge is -2.44. The van der Waals surface area contributed by atoms with E-state index in [1.54, 1.807) is 0 Å². The highest BCUT2D eigenvalue weighted by Crippen LogP contribution is 2.49. The molecule has 2 fully saturated rings. The number of para-hydroxylation sites is 1. The second kappa shape index (κ2) is 6.46. The highest BCUT2D eigenvalue weighted by molar-refractivity contribution is 5.72. The average Bonchev–Trinajstić information content (AvgIpc) is 3.29. The molecule has 0 amide bonds. The monoisotopic (exact) mass is 389 g/mol. The maximum absolute atomic E-state index is 6.79. The summed E-state index contributed by atoms with van der Waals surface area (Å²) in [6, 6.07) is 8.39. The van der Waals surface area contributed by atoms with Crippen LogP contribution in [0.3, 0.4) is 0 Å². The van der Waals surface area contributed by atoms with Gasteiger partial charge in [-0.3, -0.25) is 9.58 Å². The van der Waals surface area contributed by atoms with Gasteiger partial charge in [-0.1, -0.05) is 12.1 Å². The van der Waals surface area contributed by atoms with Crippen molar-refractivity contribution in [1.82, 2.24) is 24.2 Å². The van der Waals surface area contributed by atoms with Gasteiger partial charge in [0, 0.05) is 63.4 Å². The number of ether oxygens (including phenoxy) is 1. The van der Waals surface area contributed by atoms with Gasteiger partial charge >= 0.3 is 0 Å². The van der Waals surface area contributed by atoms with Crippen molar-refractivity contribution in [2.75, 3.05) is 13.1 Å². The van der Waals surface area contributed by atoms with Crippen molar-refractivity contribution in [3.63, 3.8) is 0 Å². The summed E-state index contributed by atoms with van der Waals surface area (Å²) in [6.45, 7) is 4.07. The summed E-state index contributed by atoms with van der Waals surface area (Å²) in [4.78, 5) is 7.40. The number of benzene rings is 1. The molecule has 0 bridgehead atoms. The largest absolute Gasteiger partial charge is 0.480 e. The molecule has 0 radical (unpaired) electrons. The SMILES string of the molecule is Cn1cc(CN2CCC3(CC2)Oc2ccccc2-c2ncn(CC4CC4)c23)cn1. The molecule has 2 aliphatic heterocycles. The fourth-order valence-electron chi connectivity index (χ4n) is 5.01. The summed E-state index contributed by atoms with van der Waals surface area (Å²) in [7, 11) is 1.98. The van der Waals surface area contributed by atoms with E-state index in [0.29, 0.717) is 0 Å². The van der Waals surface area contributed by atoms with Crippen LogP contribution in [0.1, 0.15) is 36.9 Å². The Balaban J connectivity index is 1.31. The van der Waals surface area contributed by atoms with Crippen molar-refractivity contribution in [3.8, 4) is 17.0 Å². The Morgan fingerprint density at radius 1 is 1.17 bits per heavy atom. The second-order valence-corrected chi connectivity index (χ2v) is 8.93. The van der Waals surface area contributed by atoms with Gasteiger partial charge in [0.1, 0.15) is 5.75 Å². The highest BCUT2D eigenvalue weighted by atomic mass is 16.5. The molecule has 2 aromatic heterocycles. The molecule has 4 heterocycles. The molecule has 0 unspecified atom stereocenters. The van der Waals surface area contributed by atoms with E-state index in [-0.39, 0.29) is 5.60 Å². The van der Waals surface area contributed by atoms with Gasteiger partial charge in [0.15, 0.2) is 5.60 Å². The van der Waals surface area contributed by atoms with E-state index in [1.807, 2.05) is 17.9 Å². The van der Waals surface area contributed by atoms with Crippen LogP contribution in [0.25, 0.3) is 11.3 Å². The van der Waals surface area contributed by atoms with Gasteiger partial charge in [0.2, 0.25) is 0 Å². The van der Waals surface area contributed by atoms with Gasteiger partial charge in [-0.05, 0) is 30.9 Å². The highest BCUT2D eigenvalue weighted by Gasteiger charge is 2.46. The Morgan fingerprint density at radius 2 is 2.00 bits per heavy atom. The first kappa shape index (κ1) is 17.3. The van der Waals surface area contributed by atoms with Crippen LogP contribution in [-0.4, -0.2) is 37.3 Å². The first-order valence-corrected chi connectivity index (χ1v) is 10.7. The summed E-state index contributed by atoms with van der Waals surface area (Å²) in [6.07, 6.45) is 10.8. The first-order valence-electron chi connectivity index (χ1n) is 10.7. The van der Waals surface area contributed by atoms with Crippen LogP contribution < -0.4 is 4.74 Å². The summed E-state index contributed by atoms with van der Waals surface area (Å²) in [5.74, 6) is 1.80. The van der Waals surface area contributed by atoms with E-state index in [9.17, 15) is 0 Å². The van der Waals surface area contributed by atoms with Crippen LogP contribution in [0.2, 0.25) is 0 Å². The number of nitrogens with zero attached hydrogens (tertiary/aromatic N) is 5. The van der Waals surface area contributed by atoms with Gasteiger partial charge in [-0.2, -0.15) is 5.10 Å². The third-order valence-electron chi connectivity index (χ3n) is 6.70. The van der Waals surface area contributed by atoms with Crippen molar-refractivity contribution < 1.29 is 4.74 Å². The molecule has 1 aliphatic carbocycles. The molecule has 6 heteroatoms. The quantitative estimate of drug-likeness (QED) is 0.684. The standard InChI is InChI=1S/C23H27N5O/c1-26-13-18(12-25-26)14-27-10-8-23(9-11-27)22-21(19-4-2-3-5-20(19)29-23)24-16-28(22)15-17-6-7-17/h2-5,12-13,16-17H,6-11,14-15H2,1H3. The van der Waals surface area contributed by atoms with Crippen molar-refractivity contribution in [3.05, 3.63) is 54.2 Å². The fraction of sp³-hybridized carbons (Fsp3) is 0.478. The van der Waals surface area contributed by atoms with Crippen LogP contribution in [0, 0.1) is 5.92 Å². The van der Waals surface area contributed by atoms with Gasteiger partial charge in [0.05, 0.1) is 23.9 Å². The summed E-state index contributed by atoms with van der Waals surface area (Å²) in [5.41, 5.74) is 4.59. The summed E-state index contributed by atoms with van der Waals surface area (Å²) >= 11 is 0. The minimum absolute atomic E-state index is 0.263. The van der Waals surface area contributed by atoms with Crippen LogP contribution >= 0.6 is 0 Å². The maximum atomic E-state index is 6.79. The number of aryl methyl sites for hydroxylation is 1. The van der Waals surface area contributed by atoms with Crippen molar-refractivity contribution in [2.45, 2.75) is 44.4 Å². The van der Waals surface area contributed by atoms with E-state index >= 15 is 0 Å². The number of imidazole rings is 1. The normalized spacial score (nSPS) is 20.3. The Morgan fingerprint density at radius 3 is 2.76 bits per heavy atom. The smallest absolute Gasteiger partial charge is 0.153 e. The average molecular weight is 390 g/mol. The van der Waals surface area contributed by atoms with Crippen LogP contribution in [0.5, 0.6) is 5.75 Å². The van der Waals surface area contributed by atoms with Crippen molar-refractivity contribution in [2.24, 2.45) is 13.0 Å². The number of piperidine rings is 1. The fourth-order valence-corrected chi connectivity index (χ4v) is 5.01. The van der Waals surface area contributed by atoms with Crippen LogP contribution in [0.15, 0.2) is 43.0 Å². The Hall–Kier alpha value is -2.60. The molecule has 0 atom stereocenters. The van der Waals surface area contributed by atoms with Crippen molar-refractivity contribution >= 4 is 0 Å². The Bertz CT molecular complexity index is 1040. The van der Waals surface area contributed by atoms with Crippen LogP contribution in [-0.2, 0) is 25.7 Å². The van der Waals surface area contributed by atoms with E-state index in [1.165, 1.54) is 24.1 Å². The number of fused-ring (bicyclic) bond motifs is 4. The molecular weight excluding hydrogens is 362 g/mol. The lowest BCUT2D eigenvalue weighted by Crippen LogP contribution is -2.48. The van der Waals surface area contributed by atoms with E-state index in [4.69, 9.17) is 9.72 Å². The Labute approximate surface area is 171 Å². The Kier molecular flexibility index (Phi) is 3.85. The minimum atomic E-state index is -0.263. The summed E-state index contributed by atoms with van der Waals surface area (Å²) < 4.78 is 11.1. The molecule has 1 aromatic carbocycles. The third-order valence-corrected chi connectivity index (χ3v) is 6.70. The maximum Gasteiger partial charge on any atom is 0.153 e. The molecule has 0 N–H and O–H groups in total. The van der Waals surface area contributed by atoms with E-state index in [2.05, 4.69) is 51.4 Å². The molecule has 3 aromatic rings. The first-order chi connectivity index (χ1) is 14.2.